The van der Waals surface area contributed by atoms with Crippen molar-refractivity contribution < 1.29 is 17.4 Å². The predicted octanol–water partition coefficient (Wildman–Crippen LogP) is 3.96. The van der Waals surface area contributed by atoms with Crippen LogP contribution in [0.4, 0.5) is 13.2 Å². The van der Waals surface area contributed by atoms with E-state index in [1.165, 1.54) is 24.6 Å². The molecule has 1 unspecified atom stereocenters. The third kappa shape index (κ3) is 3.74. The first kappa shape index (κ1) is 17.2. The zero-order valence-electron chi connectivity index (χ0n) is 13.0. The molecule has 3 aromatic rings. The molecule has 0 amide bonds. The van der Waals surface area contributed by atoms with Gasteiger partial charge in [0, 0.05) is 24.2 Å². The van der Waals surface area contributed by atoms with Crippen LogP contribution in [0.15, 0.2) is 59.8 Å². The molecule has 0 aliphatic rings. The monoisotopic (exact) mass is 363 g/mol. The van der Waals surface area contributed by atoms with Gasteiger partial charge >= 0.3 is 6.18 Å². The van der Waals surface area contributed by atoms with Crippen molar-refractivity contribution in [3.05, 3.63) is 60.4 Å². The average Bonchev–Trinajstić information content (AvgIpc) is 2.61. The summed E-state index contributed by atoms with van der Waals surface area (Å²) in [6, 6.07) is 9.80. The van der Waals surface area contributed by atoms with Crippen molar-refractivity contribution in [1.29, 1.82) is 0 Å². The smallest absolute Gasteiger partial charge is 0.255 e. The standard InChI is InChI=1S/C17H12F3N3OS/c1-25(24)14-10-22-16(13-4-2-3-9-21-13)23-15(14)11-5-7-12(8-6-11)17(18,19)20/h2-10H,1H3. The fraction of sp³-hybridized carbons (Fsp3) is 0.118. The number of benzene rings is 1. The Bertz CT molecular complexity index is 913. The highest BCUT2D eigenvalue weighted by molar-refractivity contribution is 7.84. The van der Waals surface area contributed by atoms with Crippen molar-refractivity contribution in [3.8, 4) is 22.8 Å². The minimum Gasteiger partial charge on any atom is -0.255 e. The zero-order chi connectivity index (χ0) is 18.0. The van der Waals surface area contributed by atoms with Crippen LogP contribution >= 0.6 is 0 Å². The lowest BCUT2D eigenvalue weighted by Crippen LogP contribution is -2.05. The molecule has 8 heteroatoms. The van der Waals surface area contributed by atoms with Gasteiger partial charge in [-0.05, 0) is 24.3 Å². The fourth-order valence-corrected chi connectivity index (χ4v) is 2.86. The number of rotatable bonds is 3. The molecule has 2 aromatic heterocycles. The van der Waals surface area contributed by atoms with Crippen LogP contribution in [-0.4, -0.2) is 25.4 Å². The molecule has 25 heavy (non-hydrogen) atoms. The summed E-state index contributed by atoms with van der Waals surface area (Å²) in [6.45, 7) is 0. The van der Waals surface area contributed by atoms with Crippen molar-refractivity contribution in [1.82, 2.24) is 15.0 Å². The molecular weight excluding hydrogens is 351 g/mol. The summed E-state index contributed by atoms with van der Waals surface area (Å²) >= 11 is 0. The predicted molar refractivity (Wildman–Crippen MR) is 88.0 cm³/mol. The van der Waals surface area contributed by atoms with E-state index in [2.05, 4.69) is 15.0 Å². The molecule has 0 aliphatic heterocycles. The van der Waals surface area contributed by atoms with Crippen LogP contribution in [0.25, 0.3) is 22.8 Å². The lowest BCUT2D eigenvalue weighted by molar-refractivity contribution is -0.137. The number of halogens is 3. The Kier molecular flexibility index (Phi) is 4.63. The first-order valence-electron chi connectivity index (χ1n) is 7.16. The molecule has 2 heterocycles. The van der Waals surface area contributed by atoms with Gasteiger partial charge < -0.3 is 0 Å². The molecule has 1 aromatic carbocycles. The van der Waals surface area contributed by atoms with E-state index < -0.39 is 22.5 Å². The third-order valence-electron chi connectivity index (χ3n) is 3.44. The zero-order valence-corrected chi connectivity index (χ0v) is 13.8. The van der Waals surface area contributed by atoms with E-state index in [4.69, 9.17) is 0 Å². The topological polar surface area (TPSA) is 55.7 Å². The van der Waals surface area contributed by atoms with E-state index in [1.54, 1.807) is 24.4 Å². The molecule has 0 saturated carbocycles. The van der Waals surface area contributed by atoms with E-state index in [9.17, 15) is 17.4 Å². The van der Waals surface area contributed by atoms with E-state index >= 15 is 0 Å². The van der Waals surface area contributed by atoms with Crippen molar-refractivity contribution >= 4 is 10.8 Å². The largest absolute Gasteiger partial charge is 0.416 e. The minimum atomic E-state index is -4.42. The Morgan fingerprint density at radius 1 is 1.00 bits per heavy atom. The van der Waals surface area contributed by atoms with Gasteiger partial charge in [0.05, 0.1) is 27.0 Å². The van der Waals surface area contributed by atoms with Crippen LogP contribution in [0.3, 0.4) is 0 Å². The highest BCUT2D eigenvalue weighted by Crippen LogP contribution is 2.32. The first-order valence-corrected chi connectivity index (χ1v) is 8.71. The Balaban J connectivity index is 2.11. The molecule has 128 valence electrons. The van der Waals surface area contributed by atoms with Gasteiger partial charge in [-0.25, -0.2) is 9.97 Å². The highest BCUT2D eigenvalue weighted by Gasteiger charge is 2.30. The second kappa shape index (κ2) is 6.72. The fourth-order valence-electron chi connectivity index (χ4n) is 2.22. The highest BCUT2D eigenvalue weighted by atomic mass is 32.2. The number of nitrogens with zero attached hydrogens (tertiary/aromatic N) is 3. The van der Waals surface area contributed by atoms with Gasteiger partial charge in [0.15, 0.2) is 5.82 Å². The molecule has 0 spiro atoms. The number of hydrogen-bond acceptors (Lipinski definition) is 4. The van der Waals surface area contributed by atoms with Gasteiger partial charge in [-0.3, -0.25) is 9.19 Å². The van der Waals surface area contributed by atoms with Crippen LogP contribution in [0.5, 0.6) is 0 Å². The number of pyridine rings is 1. The quantitative estimate of drug-likeness (QED) is 0.707. The maximum atomic E-state index is 12.7. The van der Waals surface area contributed by atoms with Crippen LogP contribution in [-0.2, 0) is 17.0 Å². The molecule has 3 rings (SSSR count). The molecule has 4 nitrogen and oxygen atoms in total. The SMILES string of the molecule is CS(=O)c1cnc(-c2ccccn2)nc1-c1ccc(C(F)(F)F)cc1. The van der Waals surface area contributed by atoms with Gasteiger partial charge in [-0.1, -0.05) is 18.2 Å². The number of aromatic nitrogens is 3. The number of alkyl halides is 3. The van der Waals surface area contributed by atoms with Crippen LogP contribution in [0.1, 0.15) is 5.56 Å². The maximum Gasteiger partial charge on any atom is 0.416 e. The van der Waals surface area contributed by atoms with Gasteiger partial charge in [-0.2, -0.15) is 13.2 Å². The Morgan fingerprint density at radius 3 is 2.28 bits per heavy atom. The summed E-state index contributed by atoms with van der Waals surface area (Å²) in [5, 5.41) is 0. The first-order chi connectivity index (χ1) is 11.9. The van der Waals surface area contributed by atoms with Crippen LogP contribution in [0, 0.1) is 0 Å². The Labute approximate surface area is 144 Å². The van der Waals surface area contributed by atoms with Crippen molar-refractivity contribution in [3.63, 3.8) is 0 Å². The second-order valence-electron chi connectivity index (χ2n) is 5.15. The van der Waals surface area contributed by atoms with Crippen molar-refractivity contribution in [2.75, 3.05) is 6.26 Å². The summed E-state index contributed by atoms with van der Waals surface area (Å²) in [4.78, 5) is 13.0. The molecular formula is C17H12F3N3OS. The molecule has 0 aliphatic carbocycles. The van der Waals surface area contributed by atoms with Crippen molar-refractivity contribution in [2.24, 2.45) is 0 Å². The van der Waals surface area contributed by atoms with E-state index in [0.29, 0.717) is 27.7 Å². The van der Waals surface area contributed by atoms with E-state index in [-0.39, 0.29) is 0 Å². The molecule has 0 saturated heterocycles. The lowest BCUT2D eigenvalue weighted by atomic mass is 10.1. The Hall–Kier alpha value is -2.61. The summed E-state index contributed by atoms with van der Waals surface area (Å²) < 4.78 is 50.1. The maximum absolute atomic E-state index is 12.7. The van der Waals surface area contributed by atoms with E-state index in [0.717, 1.165) is 12.1 Å². The lowest BCUT2D eigenvalue weighted by Gasteiger charge is -2.10. The van der Waals surface area contributed by atoms with Gasteiger partial charge in [0.2, 0.25) is 0 Å². The molecule has 1 atom stereocenters. The van der Waals surface area contributed by atoms with Gasteiger partial charge in [0.1, 0.15) is 5.69 Å². The third-order valence-corrected chi connectivity index (χ3v) is 4.36. The van der Waals surface area contributed by atoms with Gasteiger partial charge in [-0.15, -0.1) is 0 Å². The molecule has 0 N–H and O–H groups in total. The summed E-state index contributed by atoms with van der Waals surface area (Å²) in [6.07, 6.45) is 0.0505. The second-order valence-corrected chi connectivity index (χ2v) is 6.50. The average molecular weight is 363 g/mol. The molecule has 0 radical (unpaired) electrons. The Morgan fingerprint density at radius 2 is 1.72 bits per heavy atom. The normalized spacial score (nSPS) is 12.8. The number of hydrogen-bond donors (Lipinski definition) is 0. The summed E-state index contributed by atoms with van der Waals surface area (Å²) in [7, 11) is -1.40. The summed E-state index contributed by atoms with van der Waals surface area (Å²) in [5.41, 5.74) is 0.515. The van der Waals surface area contributed by atoms with Gasteiger partial charge in [0.25, 0.3) is 0 Å². The molecule has 0 fully saturated rings. The summed E-state index contributed by atoms with van der Waals surface area (Å²) in [5.74, 6) is 0.310. The van der Waals surface area contributed by atoms with Crippen LogP contribution in [0.2, 0.25) is 0 Å². The van der Waals surface area contributed by atoms with E-state index in [1.807, 2.05) is 0 Å². The van der Waals surface area contributed by atoms with Crippen LogP contribution < -0.4 is 0 Å². The minimum absolute atomic E-state index is 0.310. The molecule has 0 bridgehead atoms. The van der Waals surface area contributed by atoms with Crippen molar-refractivity contribution in [2.45, 2.75) is 11.1 Å².